The lowest BCUT2D eigenvalue weighted by atomic mass is 10.9. The third kappa shape index (κ3) is 4.02. The van der Waals surface area contributed by atoms with E-state index >= 15 is 0 Å². The molecule has 0 amide bonds. The third-order valence-corrected chi connectivity index (χ3v) is 3.81. The van der Waals surface area contributed by atoms with E-state index in [-0.39, 0.29) is 5.75 Å². The number of nitrogens with zero attached hydrogens (tertiary/aromatic N) is 2. The fourth-order valence-corrected chi connectivity index (χ4v) is 3.00. The summed E-state index contributed by atoms with van der Waals surface area (Å²) in [6.07, 6.45) is 3.47. The van der Waals surface area contributed by atoms with Gasteiger partial charge >= 0.3 is 0 Å². The summed E-state index contributed by atoms with van der Waals surface area (Å²) in [5.41, 5.74) is 0. The fraction of sp³-hybridized carbons (Fsp3) is 0.500. The van der Waals surface area contributed by atoms with E-state index in [4.69, 9.17) is 10.7 Å². The molecule has 74 valence electrons. The summed E-state index contributed by atoms with van der Waals surface area (Å²) < 4.78 is 23.0. The number of thioether (sulfide) groups is 1. The highest BCUT2D eigenvalue weighted by atomic mass is 35.7. The van der Waals surface area contributed by atoms with Crippen molar-refractivity contribution in [2.24, 2.45) is 7.05 Å². The lowest BCUT2D eigenvalue weighted by molar-refractivity contribution is 0.611. The van der Waals surface area contributed by atoms with E-state index in [1.165, 1.54) is 11.8 Å². The number of hydrogen-bond acceptors (Lipinski definition) is 4. The summed E-state index contributed by atoms with van der Waals surface area (Å²) in [6.45, 7) is 0. The topological polar surface area (TPSA) is 52.0 Å². The van der Waals surface area contributed by atoms with Crippen LogP contribution in [0.25, 0.3) is 0 Å². The zero-order valence-electron chi connectivity index (χ0n) is 6.97. The van der Waals surface area contributed by atoms with Crippen molar-refractivity contribution in [1.29, 1.82) is 0 Å². The SMILES string of the molecule is Cn1ccnc1SCCS(=O)(=O)Cl. The van der Waals surface area contributed by atoms with Crippen LogP contribution in [0, 0.1) is 0 Å². The maximum Gasteiger partial charge on any atom is 0.233 e. The van der Waals surface area contributed by atoms with Gasteiger partial charge in [0, 0.05) is 35.9 Å². The number of aryl methyl sites for hydroxylation is 1. The Kier molecular flexibility index (Phi) is 3.63. The molecule has 1 rings (SSSR count). The van der Waals surface area contributed by atoms with Crippen LogP contribution in [0.4, 0.5) is 0 Å². The first kappa shape index (κ1) is 10.9. The van der Waals surface area contributed by atoms with Gasteiger partial charge in [-0.1, -0.05) is 11.8 Å². The molecule has 0 aliphatic heterocycles. The van der Waals surface area contributed by atoms with Gasteiger partial charge in [0.1, 0.15) is 0 Å². The molecule has 7 heteroatoms. The predicted molar refractivity (Wildman–Crippen MR) is 53.6 cm³/mol. The van der Waals surface area contributed by atoms with Crippen molar-refractivity contribution in [2.75, 3.05) is 11.5 Å². The molecule has 1 heterocycles. The molecule has 0 bridgehead atoms. The van der Waals surface area contributed by atoms with Gasteiger partial charge in [0.15, 0.2) is 5.16 Å². The van der Waals surface area contributed by atoms with Gasteiger partial charge in [0.25, 0.3) is 0 Å². The summed E-state index contributed by atoms with van der Waals surface area (Å²) in [5, 5.41) is 0.792. The van der Waals surface area contributed by atoms with Gasteiger partial charge in [-0.25, -0.2) is 13.4 Å². The molecular formula is C6H9ClN2O2S2. The highest BCUT2D eigenvalue weighted by molar-refractivity contribution is 8.14. The molecule has 1 aromatic heterocycles. The lowest BCUT2D eigenvalue weighted by Crippen LogP contribution is -2.00. The molecule has 0 saturated carbocycles. The van der Waals surface area contributed by atoms with Gasteiger partial charge in [0.05, 0.1) is 5.75 Å². The summed E-state index contributed by atoms with van der Waals surface area (Å²) in [6, 6.07) is 0. The van der Waals surface area contributed by atoms with Crippen molar-refractivity contribution in [3.05, 3.63) is 12.4 Å². The Morgan fingerprint density at radius 1 is 1.69 bits per heavy atom. The number of aromatic nitrogens is 2. The minimum Gasteiger partial charge on any atom is -0.329 e. The van der Waals surface area contributed by atoms with Gasteiger partial charge in [0.2, 0.25) is 9.05 Å². The number of hydrogen-bond donors (Lipinski definition) is 0. The fourth-order valence-electron chi connectivity index (χ4n) is 0.724. The van der Waals surface area contributed by atoms with E-state index in [9.17, 15) is 8.42 Å². The van der Waals surface area contributed by atoms with Crippen LogP contribution in [0.1, 0.15) is 0 Å². The molecule has 0 spiro atoms. The molecule has 0 aromatic carbocycles. The quantitative estimate of drug-likeness (QED) is 0.584. The molecule has 0 radical (unpaired) electrons. The number of imidazole rings is 1. The lowest BCUT2D eigenvalue weighted by Gasteiger charge is -1.98. The van der Waals surface area contributed by atoms with Crippen molar-refractivity contribution >= 4 is 31.5 Å². The molecule has 0 saturated heterocycles. The monoisotopic (exact) mass is 240 g/mol. The minimum absolute atomic E-state index is 0.0356. The summed E-state index contributed by atoms with van der Waals surface area (Å²) in [5.74, 6) is 0.392. The molecule has 0 aliphatic carbocycles. The van der Waals surface area contributed by atoms with Crippen LogP contribution in [0.15, 0.2) is 17.6 Å². The van der Waals surface area contributed by atoms with Gasteiger partial charge in [-0.3, -0.25) is 0 Å². The maximum absolute atomic E-state index is 10.6. The molecule has 0 unspecified atom stereocenters. The molecule has 4 nitrogen and oxygen atoms in total. The van der Waals surface area contributed by atoms with Crippen molar-refractivity contribution < 1.29 is 8.42 Å². The minimum atomic E-state index is -3.38. The van der Waals surface area contributed by atoms with Crippen LogP contribution in [-0.2, 0) is 16.1 Å². The van der Waals surface area contributed by atoms with Gasteiger partial charge in [-0.05, 0) is 0 Å². The van der Waals surface area contributed by atoms with Crippen molar-refractivity contribution in [2.45, 2.75) is 5.16 Å². The Bertz CT molecular complexity index is 374. The van der Waals surface area contributed by atoms with Crippen LogP contribution in [0.3, 0.4) is 0 Å². The number of rotatable bonds is 4. The average molecular weight is 241 g/mol. The highest BCUT2D eigenvalue weighted by Crippen LogP contribution is 2.15. The van der Waals surface area contributed by atoms with Gasteiger partial charge < -0.3 is 4.57 Å². The van der Waals surface area contributed by atoms with Crippen molar-refractivity contribution in [3.63, 3.8) is 0 Å². The summed E-state index contributed by atoms with van der Waals surface area (Å²) >= 11 is 1.37. The van der Waals surface area contributed by atoms with E-state index < -0.39 is 9.05 Å². The predicted octanol–water partition coefficient (Wildman–Crippen LogP) is 1.08. The van der Waals surface area contributed by atoms with Crippen LogP contribution >= 0.6 is 22.4 Å². The Morgan fingerprint density at radius 3 is 2.85 bits per heavy atom. The molecule has 0 atom stereocenters. The summed E-state index contributed by atoms with van der Waals surface area (Å²) in [7, 11) is 3.52. The molecule has 0 N–H and O–H groups in total. The van der Waals surface area contributed by atoms with Gasteiger partial charge in [-0.2, -0.15) is 0 Å². The Balaban J connectivity index is 2.41. The second-order valence-corrected chi connectivity index (χ2v) is 6.37. The highest BCUT2D eigenvalue weighted by Gasteiger charge is 2.06. The molecular weight excluding hydrogens is 232 g/mol. The third-order valence-electron chi connectivity index (χ3n) is 1.34. The van der Waals surface area contributed by atoms with Gasteiger partial charge in [-0.15, -0.1) is 0 Å². The van der Waals surface area contributed by atoms with Crippen LogP contribution in [0.2, 0.25) is 0 Å². The number of halogens is 1. The first-order chi connectivity index (χ1) is 5.99. The van der Waals surface area contributed by atoms with Crippen molar-refractivity contribution in [3.8, 4) is 0 Å². The smallest absolute Gasteiger partial charge is 0.233 e. The first-order valence-corrected chi connectivity index (χ1v) is 6.98. The normalized spacial score (nSPS) is 11.8. The van der Waals surface area contributed by atoms with E-state index in [1.807, 2.05) is 11.6 Å². The summed E-state index contributed by atoms with van der Waals surface area (Å²) in [4.78, 5) is 4.02. The standard InChI is InChI=1S/C6H9ClN2O2S2/c1-9-3-2-8-6(9)12-4-5-13(7,10)11/h2-3H,4-5H2,1H3. The van der Waals surface area contributed by atoms with E-state index in [0.717, 1.165) is 5.16 Å². The zero-order chi connectivity index (χ0) is 9.90. The second-order valence-electron chi connectivity index (χ2n) is 2.41. The van der Waals surface area contributed by atoms with E-state index in [1.54, 1.807) is 12.4 Å². The van der Waals surface area contributed by atoms with Crippen LogP contribution in [0.5, 0.6) is 0 Å². The van der Waals surface area contributed by atoms with Crippen molar-refractivity contribution in [1.82, 2.24) is 9.55 Å². The zero-order valence-corrected chi connectivity index (χ0v) is 9.36. The maximum atomic E-state index is 10.6. The Labute approximate surface area is 85.7 Å². The average Bonchev–Trinajstić information content (AvgIpc) is 2.34. The Morgan fingerprint density at radius 2 is 2.38 bits per heavy atom. The Hall–Kier alpha value is -0.200. The molecule has 0 aliphatic rings. The first-order valence-electron chi connectivity index (χ1n) is 3.51. The van der Waals surface area contributed by atoms with E-state index in [0.29, 0.717) is 5.75 Å². The molecule has 13 heavy (non-hydrogen) atoms. The largest absolute Gasteiger partial charge is 0.329 e. The van der Waals surface area contributed by atoms with Crippen LogP contribution < -0.4 is 0 Å². The second kappa shape index (κ2) is 4.34. The molecule has 0 fully saturated rings. The molecule has 1 aromatic rings. The van der Waals surface area contributed by atoms with Crippen LogP contribution in [-0.4, -0.2) is 29.5 Å². The van der Waals surface area contributed by atoms with E-state index in [2.05, 4.69) is 4.98 Å².